The second kappa shape index (κ2) is 6.46. The molecule has 0 saturated heterocycles. The van der Waals surface area contributed by atoms with Crippen LogP contribution in [-0.2, 0) is 17.9 Å². The van der Waals surface area contributed by atoms with Crippen molar-refractivity contribution < 1.29 is 19.4 Å². The first-order valence-corrected chi connectivity index (χ1v) is 5.97. The molecule has 21 heavy (non-hydrogen) atoms. The van der Waals surface area contributed by atoms with Gasteiger partial charge in [0.1, 0.15) is 12.2 Å². The monoisotopic (exact) mass is 291 g/mol. The van der Waals surface area contributed by atoms with E-state index < -0.39 is 5.97 Å². The number of amides is 1. The number of nitrogens with one attached hydrogen (secondary N) is 1. The van der Waals surface area contributed by atoms with Crippen LogP contribution in [0.4, 0.5) is 0 Å². The fraction of sp³-hybridized carbons (Fsp3) is 0.250. The molecule has 2 N–H and O–H groups in total. The minimum atomic E-state index is -1.01. The Morgan fingerprint density at radius 1 is 1.43 bits per heavy atom. The highest BCUT2D eigenvalue weighted by atomic mass is 16.5. The third-order valence-corrected chi connectivity index (χ3v) is 2.52. The summed E-state index contributed by atoms with van der Waals surface area (Å²) in [6.07, 6.45) is 2.86. The van der Waals surface area contributed by atoms with E-state index in [1.165, 1.54) is 24.2 Å². The van der Waals surface area contributed by atoms with Gasteiger partial charge in [-0.1, -0.05) is 5.21 Å². The molecule has 2 aromatic rings. The number of aromatic nitrogens is 4. The summed E-state index contributed by atoms with van der Waals surface area (Å²) < 4.78 is 6.08. The number of hydrogen-bond donors (Lipinski definition) is 2. The molecule has 9 nitrogen and oxygen atoms in total. The molecule has 0 aromatic carbocycles. The topological polar surface area (TPSA) is 119 Å². The second-order valence-electron chi connectivity index (χ2n) is 4.07. The summed E-state index contributed by atoms with van der Waals surface area (Å²) >= 11 is 0. The zero-order valence-corrected chi connectivity index (χ0v) is 11.2. The van der Waals surface area contributed by atoms with Crippen LogP contribution in [0, 0.1) is 0 Å². The summed E-state index contributed by atoms with van der Waals surface area (Å²) in [6, 6.07) is 3.17. The lowest BCUT2D eigenvalue weighted by Gasteiger charge is -2.03. The van der Waals surface area contributed by atoms with Gasteiger partial charge in [0.05, 0.1) is 25.4 Å². The van der Waals surface area contributed by atoms with Crippen LogP contribution in [0.15, 0.2) is 24.5 Å². The standard InChI is InChI=1S/C12H13N5O4/c1-21-10-3-2-8(4-13-10)12(20)14-5-9-6-17(16-15-9)7-11(18)19/h2-4,6H,5,7H2,1H3,(H,14,20)(H,18,19). The van der Waals surface area contributed by atoms with Crippen molar-refractivity contribution in [3.05, 3.63) is 35.8 Å². The molecule has 0 unspecified atom stereocenters. The van der Waals surface area contributed by atoms with Crippen molar-refractivity contribution in [2.75, 3.05) is 7.11 Å². The third kappa shape index (κ3) is 4.00. The molecule has 2 rings (SSSR count). The highest BCUT2D eigenvalue weighted by molar-refractivity contribution is 5.93. The number of ether oxygens (including phenoxy) is 1. The molecule has 2 aromatic heterocycles. The van der Waals surface area contributed by atoms with Crippen molar-refractivity contribution in [1.29, 1.82) is 0 Å². The number of carboxylic acid groups (broad SMARTS) is 1. The first-order chi connectivity index (χ1) is 10.1. The van der Waals surface area contributed by atoms with E-state index >= 15 is 0 Å². The first-order valence-electron chi connectivity index (χ1n) is 5.97. The lowest BCUT2D eigenvalue weighted by molar-refractivity contribution is -0.137. The van der Waals surface area contributed by atoms with Gasteiger partial charge in [0.25, 0.3) is 5.91 Å². The zero-order chi connectivity index (χ0) is 15.2. The van der Waals surface area contributed by atoms with Crippen LogP contribution in [0.25, 0.3) is 0 Å². The number of nitrogens with zero attached hydrogens (tertiary/aromatic N) is 4. The fourth-order valence-electron chi connectivity index (χ4n) is 1.54. The average molecular weight is 291 g/mol. The largest absolute Gasteiger partial charge is 0.481 e. The van der Waals surface area contributed by atoms with E-state index in [4.69, 9.17) is 9.84 Å². The predicted octanol–water partition coefficient (Wildman–Crippen LogP) is -0.304. The molecule has 110 valence electrons. The smallest absolute Gasteiger partial charge is 0.325 e. The van der Waals surface area contributed by atoms with Crippen molar-refractivity contribution in [2.45, 2.75) is 13.1 Å². The van der Waals surface area contributed by atoms with E-state index in [9.17, 15) is 9.59 Å². The van der Waals surface area contributed by atoms with Gasteiger partial charge >= 0.3 is 5.97 Å². The number of rotatable bonds is 6. The first kappa shape index (κ1) is 14.4. The SMILES string of the molecule is COc1ccc(C(=O)NCc2cn(CC(=O)O)nn2)cn1. The van der Waals surface area contributed by atoms with Gasteiger partial charge in [-0.3, -0.25) is 9.59 Å². The number of carbonyl (C=O) groups excluding carboxylic acids is 1. The number of pyridine rings is 1. The predicted molar refractivity (Wildman–Crippen MR) is 69.6 cm³/mol. The third-order valence-electron chi connectivity index (χ3n) is 2.52. The van der Waals surface area contributed by atoms with Crippen LogP contribution < -0.4 is 10.1 Å². The van der Waals surface area contributed by atoms with Crippen molar-refractivity contribution in [3.63, 3.8) is 0 Å². The van der Waals surface area contributed by atoms with Crippen LogP contribution in [0.1, 0.15) is 16.1 Å². The quantitative estimate of drug-likeness (QED) is 0.749. The Morgan fingerprint density at radius 3 is 2.86 bits per heavy atom. The highest BCUT2D eigenvalue weighted by Crippen LogP contribution is 2.06. The molecular weight excluding hydrogens is 278 g/mol. The summed E-state index contributed by atoms with van der Waals surface area (Å²) in [4.78, 5) is 26.3. The Kier molecular flexibility index (Phi) is 4.44. The van der Waals surface area contributed by atoms with Crippen LogP contribution in [-0.4, -0.2) is 44.1 Å². The highest BCUT2D eigenvalue weighted by Gasteiger charge is 2.08. The van der Waals surface area contributed by atoms with Gasteiger partial charge in [-0.25, -0.2) is 9.67 Å². The zero-order valence-electron chi connectivity index (χ0n) is 11.2. The minimum Gasteiger partial charge on any atom is -0.481 e. The van der Waals surface area contributed by atoms with Gasteiger partial charge in [0.2, 0.25) is 5.88 Å². The van der Waals surface area contributed by atoms with Crippen LogP contribution in [0.5, 0.6) is 5.88 Å². The van der Waals surface area contributed by atoms with E-state index in [0.29, 0.717) is 17.1 Å². The number of hydrogen-bond acceptors (Lipinski definition) is 6. The average Bonchev–Trinajstić information content (AvgIpc) is 2.91. The van der Waals surface area contributed by atoms with Gasteiger partial charge < -0.3 is 15.2 Å². The Balaban J connectivity index is 1.91. The molecule has 2 heterocycles. The van der Waals surface area contributed by atoms with E-state index in [2.05, 4.69) is 20.6 Å². The van der Waals surface area contributed by atoms with Crippen molar-refractivity contribution >= 4 is 11.9 Å². The summed E-state index contributed by atoms with van der Waals surface area (Å²) in [5, 5.41) is 18.6. The molecule has 0 aliphatic rings. The van der Waals surface area contributed by atoms with E-state index in [1.54, 1.807) is 12.1 Å². The Labute approximate surface area is 119 Å². The summed E-state index contributed by atoms with van der Waals surface area (Å²) in [5.74, 6) is -0.916. The van der Waals surface area contributed by atoms with Gasteiger partial charge in [-0.05, 0) is 6.07 Å². The molecule has 0 spiro atoms. The summed E-state index contributed by atoms with van der Waals surface area (Å²) in [5.41, 5.74) is 0.847. The van der Waals surface area contributed by atoms with Crippen molar-refractivity contribution in [1.82, 2.24) is 25.3 Å². The summed E-state index contributed by atoms with van der Waals surface area (Å²) in [6.45, 7) is -0.131. The molecule has 0 radical (unpaired) electrons. The number of aliphatic carboxylic acids is 1. The van der Waals surface area contributed by atoms with Crippen molar-refractivity contribution in [2.24, 2.45) is 0 Å². The molecule has 0 fully saturated rings. The van der Waals surface area contributed by atoms with Crippen LogP contribution >= 0.6 is 0 Å². The fourth-order valence-corrected chi connectivity index (χ4v) is 1.54. The Hall–Kier alpha value is -2.97. The molecule has 1 amide bonds. The van der Waals surface area contributed by atoms with Crippen molar-refractivity contribution in [3.8, 4) is 5.88 Å². The molecule has 9 heteroatoms. The number of carboxylic acids is 1. The number of carbonyl (C=O) groups is 2. The maximum atomic E-state index is 11.9. The van der Waals surface area contributed by atoms with Crippen LogP contribution in [0.2, 0.25) is 0 Å². The van der Waals surface area contributed by atoms with Gasteiger partial charge in [0.15, 0.2) is 0 Å². The minimum absolute atomic E-state index is 0.143. The second-order valence-corrected chi connectivity index (χ2v) is 4.07. The summed E-state index contributed by atoms with van der Waals surface area (Å²) in [7, 11) is 1.49. The van der Waals surface area contributed by atoms with E-state index in [1.807, 2.05) is 0 Å². The van der Waals surface area contributed by atoms with Gasteiger partial charge in [-0.2, -0.15) is 0 Å². The van der Waals surface area contributed by atoms with E-state index in [-0.39, 0.29) is 19.0 Å². The van der Waals surface area contributed by atoms with E-state index in [0.717, 1.165) is 0 Å². The Morgan fingerprint density at radius 2 is 2.24 bits per heavy atom. The lowest BCUT2D eigenvalue weighted by Crippen LogP contribution is -2.23. The molecule has 0 atom stereocenters. The molecule has 0 saturated carbocycles. The number of methoxy groups -OCH3 is 1. The normalized spacial score (nSPS) is 10.1. The van der Waals surface area contributed by atoms with Gasteiger partial charge in [-0.15, -0.1) is 5.10 Å². The maximum Gasteiger partial charge on any atom is 0.325 e. The molecule has 0 aliphatic heterocycles. The Bertz CT molecular complexity index is 637. The molecule has 0 bridgehead atoms. The van der Waals surface area contributed by atoms with Crippen LogP contribution in [0.3, 0.4) is 0 Å². The lowest BCUT2D eigenvalue weighted by atomic mass is 10.2. The molecular formula is C12H13N5O4. The maximum absolute atomic E-state index is 11.9. The molecule has 0 aliphatic carbocycles. The van der Waals surface area contributed by atoms with Gasteiger partial charge in [0, 0.05) is 12.3 Å².